The Kier molecular flexibility index (Phi) is 5.08. The molecule has 1 saturated heterocycles. The lowest BCUT2D eigenvalue weighted by Gasteiger charge is -2.31. The fourth-order valence-electron chi connectivity index (χ4n) is 4.42. The highest BCUT2D eigenvalue weighted by Gasteiger charge is 2.72. The van der Waals surface area contributed by atoms with Gasteiger partial charge in [-0.1, -0.05) is 0 Å². The second-order valence-corrected chi connectivity index (χ2v) is 8.56. The summed E-state index contributed by atoms with van der Waals surface area (Å²) in [5, 5.41) is 9.14. The minimum absolute atomic E-state index is 0.00302. The first kappa shape index (κ1) is 23.2. The molecule has 3 unspecified atom stereocenters. The maximum atomic E-state index is 13.2. The zero-order chi connectivity index (χ0) is 24.4. The normalized spacial score (nSPS) is 29.6. The minimum atomic E-state index is -4.78. The first-order valence-electron chi connectivity index (χ1n) is 9.88. The van der Waals surface area contributed by atoms with E-state index in [0.717, 1.165) is 19.1 Å². The third-order valence-corrected chi connectivity index (χ3v) is 6.42. The van der Waals surface area contributed by atoms with Crippen LogP contribution < -0.4 is 10.2 Å². The van der Waals surface area contributed by atoms with Gasteiger partial charge in [0.1, 0.15) is 5.75 Å². The van der Waals surface area contributed by atoms with Crippen molar-refractivity contribution < 1.29 is 40.7 Å². The number of nitrogens with one attached hydrogen (secondary N) is 1. The third-order valence-electron chi connectivity index (χ3n) is 6.42. The molecular weight excluding hydrogens is 458 g/mol. The molecule has 2 heterocycles. The standard InChI is InChI=1S/C20H18F6N4O3/c1-10(19(21,22)23)32-14-4-3-11(7-27)5-13(14)15(31)30-8-12-6-18(12,9-30)17(2)28-16(33-29-17)20(24,25)26/h3-5,10,12,29H,6,8-9H2,1-2H3/t10-,12?,17?,18?/m1/s1. The van der Waals surface area contributed by atoms with Gasteiger partial charge < -0.3 is 14.5 Å². The predicted octanol–water partition coefficient (Wildman–Crippen LogP) is 3.56. The van der Waals surface area contributed by atoms with Crippen LogP contribution in [0.15, 0.2) is 23.2 Å². The van der Waals surface area contributed by atoms with E-state index in [1.165, 1.54) is 17.9 Å². The Morgan fingerprint density at radius 2 is 2.06 bits per heavy atom. The number of carbonyl (C=O) groups excluding carboxylic acids is 1. The number of rotatable bonds is 4. The molecule has 7 nitrogen and oxygen atoms in total. The molecule has 1 amide bonds. The molecule has 13 heteroatoms. The molecule has 0 bridgehead atoms. The third kappa shape index (κ3) is 3.86. The van der Waals surface area contributed by atoms with Gasteiger partial charge in [0.05, 0.1) is 17.2 Å². The van der Waals surface area contributed by atoms with Gasteiger partial charge in [0, 0.05) is 18.5 Å². The predicted molar refractivity (Wildman–Crippen MR) is 99.9 cm³/mol. The van der Waals surface area contributed by atoms with E-state index in [9.17, 15) is 31.1 Å². The fraction of sp³-hybridized carbons (Fsp3) is 0.550. The van der Waals surface area contributed by atoms with E-state index in [1.54, 1.807) is 0 Å². The van der Waals surface area contributed by atoms with E-state index in [2.05, 4.69) is 15.3 Å². The van der Waals surface area contributed by atoms with E-state index in [1.807, 2.05) is 6.07 Å². The molecule has 3 aliphatic rings. The molecule has 4 atom stereocenters. The Bertz CT molecular complexity index is 1070. The molecule has 0 radical (unpaired) electrons. The van der Waals surface area contributed by atoms with Crippen LogP contribution in [0.5, 0.6) is 5.75 Å². The summed E-state index contributed by atoms with van der Waals surface area (Å²) in [5.41, 5.74) is -0.125. The Hall–Kier alpha value is -3.01. The van der Waals surface area contributed by atoms with Crippen molar-refractivity contribution in [2.45, 2.75) is 44.4 Å². The number of piperidine rings is 1. The number of hydrogen-bond acceptors (Lipinski definition) is 6. The van der Waals surface area contributed by atoms with Gasteiger partial charge in [-0.05, 0) is 44.4 Å². The summed E-state index contributed by atoms with van der Waals surface area (Å²) in [6.07, 6.45) is -11.2. The average molecular weight is 476 g/mol. The molecule has 2 aliphatic heterocycles. The summed E-state index contributed by atoms with van der Waals surface area (Å²) >= 11 is 0. The van der Waals surface area contributed by atoms with E-state index in [0.29, 0.717) is 6.42 Å². The number of amides is 1. The van der Waals surface area contributed by atoms with Gasteiger partial charge in [-0.3, -0.25) is 4.79 Å². The highest BCUT2D eigenvalue weighted by atomic mass is 19.4. The van der Waals surface area contributed by atoms with E-state index >= 15 is 0 Å². The van der Waals surface area contributed by atoms with Gasteiger partial charge in [0.2, 0.25) is 0 Å². The zero-order valence-corrected chi connectivity index (χ0v) is 17.3. The number of nitrogens with zero attached hydrogens (tertiary/aromatic N) is 3. The quantitative estimate of drug-likeness (QED) is 0.672. The summed E-state index contributed by atoms with van der Waals surface area (Å²) in [6, 6.07) is 5.30. The van der Waals surface area contributed by atoms with Crippen molar-refractivity contribution in [1.82, 2.24) is 10.4 Å². The topological polar surface area (TPSA) is 87.0 Å². The first-order valence-corrected chi connectivity index (χ1v) is 9.88. The van der Waals surface area contributed by atoms with Gasteiger partial charge in [-0.25, -0.2) is 4.99 Å². The van der Waals surface area contributed by atoms with Crippen LogP contribution in [0.25, 0.3) is 0 Å². The molecule has 1 aromatic carbocycles. The van der Waals surface area contributed by atoms with Crippen LogP contribution in [0.4, 0.5) is 26.3 Å². The van der Waals surface area contributed by atoms with Crippen LogP contribution in [-0.2, 0) is 4.84 Å². The molecule has 4 rings (SSSR count). The first-order chi connectivity index (χ1) is 15.2. The number of aliphatic imine (C=N–C) groups is 1. The van der Waals surface area contributed by atoms with E-state index < -0.39 is 41.3 Å². The highest BCUT2D eigenvalue weighted by Crippen LogP contribution is 2.65. The van der Waals surface area contributed by atoms with Crippen molar-refractivity contribution in [3.8, 4) is 11.8 Å². The fourth-order valence-corrected chi connectivity index (χ4v) is 4.42. The molecule has 1 aromatic rings. The molecule has 0 spiro atoms. The van der Waals surface area contributed by atoms with Crippen molar-refractivity contribution >= 4 is 11.8 Å². The van der Waals surface area contributed by atoms with Crippen LogP contribution in [0.2, 0.25) is 0 Å². The lowest BCUT2D eigenvalue weighted by atomic mass is 9.90. The minimum Gasteiger partial charge on any atom is -0.480 e. The number of likely N-dealkylation sites (tertiary alicyclic amines) is 1. The molecule has 33 heavy (non-hydrogen) atoms. The van der Waals surface area contributed by atoms with Crippen LogP contribution in [0.1, 0.15) is 36.2 Å². The van der Waals surface area contributed by atoms with Crippen molar-refractivity contribution in [3.05, 3.63) is 29.3 Å². The SMILES string of the molecule is C[C@@H](Oc1ccc(C#N)cc1C(=O)N1CC2CC2(C2(C)N=C(C(F)(F)F)ON2)C1)C(F)(F)F. The second-order valence-electron chi connectivity index (χ2n) is 8.56. The van der Waals surface area contributed by atoms with Gasteiger partial charge in [0.15, 0.2) is 11.8 Å². The summed E-state index contributed by atoms with van der Waals surface area (Å²) in [6.45, 7) is 2.39. The summed E-state index contributed by atoms with van der Waals surface area (Å²) < 4.78 is 82.8. The van der Waals surface area contributed by atoms with Crippen LogP contribution in [0, 0.1) is 22.7 Å². The summed E-state index contributed by atoms with van der Waals surface area (Å²) in [7, 11) is 0. The van der Waals surface area contributed by atoms with Crippen molar-refractivity contribution in [1.29, 1.82) is 5.26 Å². The number of ether oxygens (including phenoxy) is 1. The Morgan fingerprint density at radius 3 is 2.64 bits per heavy atom. The van der Waals surface area contributed by atoms with Crippen molar-refractivity contribution in [2.75, 3.05) is 13.1 Å². The molecule has 178 valence electrons. The van der Waals surface area contributed by atoms with Crippen molar-refractivity contribution in [3.63, 3.8) is 0 Å². The number of carbonyl (C=O) groups is 1. The number of nitriles is 1. The Morgan fingerprint density at radius 1 is 1.36 bits per heavy atom. The van der Waals surface area contributed by atoms with Crippen LogP contribution in [-0.4, -0.2) is 53.9 Å². The second kappa shape index (κ2) is 7.24. The number of hydroxylamine groups is 1. The molecular formula is C20H18F6N4O3. The van der Waals surface area contributed by atoms with Crippen LogP contribution >= 0.6 is 0 Å². The van der Waals surface area contributed by atoms with E-state index in [-0.39, 0.29) is 35.9 Å². The number of benzene rings is 1. The van der Waals surface area contributed by atoms with Gasteiger partial charge in [-0.15, -0.1) is 5.48 Å². The molecule has 1 N–H and O–H groups in total. The Labute approximate surface area is 183 Å². The average Bonchev–Trinajstić information content (AvgIpc) is 3.07. The van der Waals surface area contributed by atoms with Crippen molar-refractivity contribution in [2.24, 2.45) is 16.3 Å². The number of fused-ring (bicyclic) bond motifs is 1. The van der Waals surface area contributed by atoms with Gasteiger partial charge in [0.25, 0.3) is 5.91 Å². The number of hydrogen-bond donors (Lipinski definition) is 1. The number of halogens is 6. The van der Waals surface area contributed by atoms with E-state index in [4.69, 9.17) is 10.00 Å². The highest BCUT2D eigenvalue weighted by molar-refractivity contribution is 5.97. The lowest BCUT2D eigenvalue weighted by molar-refractivity contribution is -0.189. The molecule has 1 saturated carbocycles. The Balaban J connectivity index is 1.59. The van der Waals surface area contributed by atoms with Gasteiger partial charge in [-0.2, -0.15) is 31.6 Å². The molecule has 0 aromatic heterocycles. The lowest BCUT2D eigenvalue weighted by Crippen LogP contribution is -2.48. The molecule has 1 aliphatic carbocycles. The maximum absolute atomic E-state index is 13.2. The molecule has 2 fully saturated rings. The smallest absolute Gasteiger partial charge is 0.470 e. The van der Waals surface area contributed by atoms with Gasteiger partial charge >= 0.3 is 18.3 Å². The summed E-state index contributed by atoms with van der Waals surface area (Å²) in [4.78, 5) is 22.8. The van der Waals surface area contributed by atoms with Crippen LogP contribution in [0.3, 0.4) is 0 Å². The monoisotopic (exact) mass is 476 g/mol. The zero-order valence-electron chi connectivity index (χ0n) is 17.3. The number of alkyl halides is 6. The maximum Gasteiger partial charge on any atom is 0.470 e. The summed E-state index contributed by atoms with van der Waals surface area (Å²) in [5.74, 6) is -2.63. The largest absolute Gasteiger partial charge is 0.480 e.